The van der Waals surface area contributed by atoms with Gasteiger partial charge < -0.3 is 9.79 Å². The number of hydrogen-bond donors (Lipinski definition) is 2. The molecule has 4 nitrogen and oxygen atoms in total. The van der Waals surface area contributed by atoms with Crippen LogP contribution in [0, 0.1) is 46.3 Å². The third-order valence-electron chi connectivity index (χ3n) is 10.5. The second-order valence-electron chi connectivity index (χ2n) is 12.8. The van der Waals surface area contributed by atoms with Crippen molar-refractivity contribution in [3.63, 3.8) is 0 Å². The fourth-order valence-electron chi connectivity index (χ4n) is 8.94. The Morgan fingerprint density at radius 1 is 1.06 bits per heavy atom. The normalized spacial score (nSPS) is 41.5. The average Bonchev–Trinajstić information content (AvgIpc) is 3.04. The molecule has 0 unspecified atom stereocenters. The molecule has 3 saturated carbocycles. The van der Waals surface area contributed by atoms with Crippen LogP contribution < -0.4 is 0 Å². The number of rotatable bonds is 7. The van der Waals surface area contributed by atoms with Gasteiger partial charge in [0, 0.05) is 0 Å². The molecule has 8 atom stereocenters. The summed E-state index contributed by atoms with van der Waals surface area (Å²) in [6, 6.07) is 0. The van der Waals surface area contributed by atoms with Gasteiger partial charge in [0.05, 0.1) is 6.10 Å². The summed E-state index contributed by atoms with van der Waals surface area (Å²) < 4.78 is 16.5. The van der Waals surface area contributed by atoms with E-state index >= 15 is 0 Å². The molecule has 0 aromatic rings. The Hall–Kier alpha value is 1.49. The zero-order valence-corrected chi connectivity index (χ0v) is 21.9. The maximum atomic E-state index is 11.4. The van der Waals surface area contributed by atoms with Crippen LogP contribution in [0.2, 0.25) is 0 Å². The van der Waals surface area contributed by atoms with Gasteiger partial charge in [-0.3, -0.25) is 4.52 Å². The topological polar surface area (TPSA) is 66.8 Å². The van der Waals surface area contributed by atoms with Crippen LogP contribution in [0.25, 0.3) is 0 Å². The molecule has 0 saturated heterocycles. The number of phosphoric acid groups is 1. The molecule has 0 aromatic heterocycles. The minimum absolute atomic E-state index is 0. The van der Waals surface area contributed by atoms with Crippen molar-refractivity contribution in [2.24, 2.45) is 46.3 Å². The Morgan fingerprint density at radius 3 is 2.45 bits per heavy atom. The standard InChI is InChI=1S/C27H47O4P.K.H/c1-18(2)7-6-8-19(3)23-11-12-24-22-10-9-20-17-21(31-32(28,29)30)13-15-26(20,4)25(22)14-16-27(23,24)5;;/h9,18-19,21-25H,6-8,10-17H2,1-5H3,(H2,28,29,30);;/t19-,21+,22+,23-,24+,25+,26+,27-;;/m1../s1. The summed E-state index contributed by atoms with van der Waals surface area (Å²) >= 11 is 0. The van der Waals surface area contributed by atoms with Gasteiger partial charge in [-0.25, -0.2) is 4.57 Å². The maximum absolute atomic E-state index is 11.4. The van der Waals surface area contributed by atoms with E-state index in [1.54, 1.807) is 0 Å². The molecule has 0 amide bonds. The van der Waals surface area contributed by atoms with Gasteiger partial charge in [-0.2, -0.15) is 0 Å². The van der Waals surface area contributed by atoms with Gasteiger partial charge in [-0.15, -0.1) is 0 Å². The molecule has 4 aliphatic rings. The van der Waals surface area contributed by atoms with E-state index in [0.717, 1.165) is 54.8 Å². The molecule has 6 heteroatoms. The average molecular weight is 507 g/mol. The Bertz CT molecular complexity index is 763. The van der Waals surface area contributed by atoms with E-state index in [0.29, 0.717) is 11.8 Å². The molecular weight excluding hydrogens is 458 g/mol. The zero-order valence-electron chi connectivity index (χ0n) is 21.1. The molecule has 33 heavy (non-hydrogen) atoms. The Kier molecular flexibility index (Phi) is 9.75. The van der Waals surface area contributed by atoms with Gasteiger partial charge in [-0.1, -0.05) is 65.5 Å². The summed E-state index contributed by atoms with van der Waals surface area (Å²) in [5.74, 6) is 4.89. The molecule has 4 aliphatic carbocycles. The van der Waals surface area contributed by atoms with Crippen molar-refractivity contribution in [2.75, 3.05) is 0 Å². The first kappa shape index (κ1) is 29.0. The van der Waals surface area contributed by atoms with Crippen molar-refractivity contribution in [2.45, 2.75) is 111 Å². The summed E-state index contributed by atoms with van der Waals surface area (Å²) in [5.41, 5.74) is 2.12. The molecule has 3 fully saturated rings. The molecule has 0 bridgehead atoms. The first-order chi connectivity index (χ1) is 14.9. The molecular formula is C27H48KO4P. The van der Waals surface area contributed by atoms with Crippen LogP contribution in [0.4, 0.5) is 0 Å². The molecule has 0 radical (unpaired) electrons. The van der Waals surface area contributed by atoms with Crippen LogP contribution >= 0.6 is 7.82 Å². The van der Waals surface area contributed by atoms with Gasteiger partial charge in [-0.05, 0) is 97.7 Å². The van der Waals surface area contributed by atoms with Crippen molar-refractivity contribution in [3.05, 3.63) is 11.6 Å². The second kappa shape index (κ2) is 11.1. The van der Waals surface area contributed by atoms with Crippen LogP contribution in [-0.2, 0) is 9.09 Å². The fraction of sp³-hybridized carbons (Fsp3) is 0.926. The van der Waals surface area contributed by atoms with Crippen molar-refractivity contribution in [1.29, 1.82) is 0 Å². The summed E-state index contributed by atoms with van der Waals surface area (Å²) in [4.78, 5) is 18.5. The van der Waals surface area contributed by atoms with E-state index in [2.05, 4.69) is 40.7 Å². The molecule has 4 rings (SSSR count). The van der Waals surface area contributed by atoms with Gasteiger partial charge in [0.2, 0.25) is 0 Å². The predicted octanol–water partition coefficient (Wildman–Crippen LogP) is 6.86. The van der Waals surface area contributed by atoms with Gasteiger partial charge in [0.15, 0.2) is 0 Å². The fourth-order valence-corrected chi connectivity index (χ4v) is 9.50. The number of allylic oxidation sites excluding steroid dienone is 1. The number of hydrogen-bond acceptors (Lipinski definition) is 2. The monoisotopic (exact) mass is 506 g/mol. The summed E-state index contributed by atoms with van der Waals surface area (Å²) in [6.45, 7) is 12.3. The predicted molar refractivity (Wildman–Crippen MR) is 137 cm³/mol. The van der Waals surface area contributed by atoms with E-state index in [4.69, 9.17) is 4.52 Å². The molecule has 0 aliphatic heterocycles. The van der Waals surface area contributed by atoms with E-state index in [1.165, 1.54) is 50.5 Å². The van der Waals surface area contributed by atoms with Crippen molar-refractivity contribution >= 4 is 59.2 Å². The van der Waals surface area contributed by atoms with Crippen molar-refractivity contribution in [1.82, 2.24) is 0 Å². The molecule has 0 aromatic carbocycles. The molecule has 0 spiro atoms. The Labute approximate surface area is 245 Å². The van der Waals surface area contributed by atoms with E-state index in [9.17, 15) is 14.4 Å². The zero-order chi connectivity index (χ0) is 23.3. The third-order valence-corrected chi connectivity index (χ3v) is 11.1. The van der Waals surface area contributed by atoms with E-state index in [-0.39, 0.29) is 62.9 Å². The second-order valence-corrected chi connectivity index (χ2v) is 13.9. The quantitative estimate of drug-likeness (QED) is 0.225. The molecule has 186 valence electrons. The molecule has 0 heterocycles. The third kappa shape index (κ3) is 5.98. The SMILES string of the molecule is CC(C)CCC[C@@H](C)[C@H]1CC[C@H]2[C@@H]3CC=C4C[C@@H](OP(=O)(O)O)CC[C@]4(C)[C@H]3CC[C@]12C.[KH]. The Morgan fingerprint density at radius 2 is 1.79 bits per heavy atom. The first-order valence-electron chi connectivity index (χ1n) is 13.4. The van der Waals surface area contributed by atoms with Crippen molar-refractivity contribution < 1.29 is 18.9 Å². The number of fused-ring (bicyclic) bond motifs is 5. The number of phosphoric ester groups is 1. The van der Waals surface area contributed by atoms with Crippen molar-refractivity contribution in [3.8, 4) is 0 Å². The van der Waals surface area contributed by atoms with Gasteiger partial charge in [0.25, 0.3) is 0 Å². The van der Waals surface area contributed by atoms with Gasteiger partial charge in [0.1, 0.15) is 0 Å². The summed E-state index contributed by atoms with van der Waals surface area (Å²) in [6.07, 6.45) is 15.4. The summed E-state index contributed by atoms with van der Waals surface area (Å²) in [5, 5.41) is 0. The first-order valence-corrected chi connectivity index (χ1v) is 14.9. The van der Waals surface area contributed by atoms with Crippen LogP contribution in [0.5, 0.6) is 0 Å². The van der Waals surface area contributed by atoms with Crippen LogP contribution in [0.1, 0.15) is 105 Å². The van der Waals surface area contributed by atoms with E-state index in [1.807, 2.05) is 0 Å². The Balaban J connectivity index is 0.00000306. The minimum atomic E-state index is -4.41. The van der Waals surface area contributed by atoms with Crippen LogP contribution in [0.3, 0.4) is 0 Å². The van der Waals surface area contributed by atoms with Gasteiger partial charge >= 0.3 is 59.2 Å². The van der Waals surface area contributed by atoms with E-state index < -0.39 is 7.82 Å². The van der Waals surface area contributed by atoms with Crippen LogP contribution in [0.15, 0.2) is 11.6 Å². The molecule has 2 N–H and O–H groups in total. The summed E-state index contributed by atoms with van der Waals surface area (Å²) in [7, 11) is -4.41. The van der Waals surface area contributed by atoms with Crippen LogP contribution in [-0.4, -0.2) is 67.3 Å².